The molecule has 2 heteroatoms. The summed E-state index contributed by atoms with van der Waals surface area (Å²) in [6, 6.07) is 9.16. The number of benzene rings is 1. The molecule has 17 heavy (non-hydrogen) atoms. The van der Waals surface area contributed by atoms with E-state index in [4.69, 9.17) is 4.74 Å². The van der Waals surface area contributed by atoms with E-state index in [-0.39, 0.29) is 5.60 Å². The Hall–Kier alpha value is -0.860. The summed E-state index contributed by atoms with van der Waals surface area (Å²) in [6.07, 6.45) is 4.90. The van der Waals surface area contributed by atoms with Crippen LogP contribution in [0.4, 0.5) is 0 Å². The van der Waals surface area contributed by atoms with Gasteiger partial charge in [0.25, 0.3) is 0 Å². The van der Waals surface area contributed by atoms with Crippen LogP contribution < -0.4 is 5.32 Å². The summed E-state index contributed by atoms with van der Waals surface area (Å²) in [5.41, 5.74) is 2.92. The molecule has 0 atom stereocenters. The third-order valence-electron chi connectivity index (χ3n) is 4.34. The van der Waals surface area contributed by atoms with Gasteiger partial charge >= 0.3 is 0 Å². The number of nitrogens with one attached hydrogen (secondary N) is 1. The van der Waals surface area contributed by atoms with Gasteiger partial charge in [0.15, 0.2) is 0 Å². The van der Waals surface area contributed by atoms with Gasteiger partial charge in [0, 0.05) is 7.11 Å². The van der Waals surface area contributed by atoms with Crippen LogP contribution in [-0.4, -0.2) is 20.2 Å². The van der Waals surface area contributed by atoms with Crippen molar-refractivity contribution in [2.75, 3.05) is 20.2 Å². The first kappa shape index (κ1) is 11.2. The Kier molecular flexibility index (Phi) is 2.93. The van der Waals surface area contributed by atoms with Crippen molar-refractivity contribution in [2.45, 2.75) is 37.2 Å². The zero-order valence-electron chi connectivity index (χ0n) is 10.5. The van der Waals surface area contributed by atoms with Crippen molar-refractivity contribution in [1.82, 2.24) is 5.32 Å². The second-order valence-electron chi connectivity index (χ2n) is 5.34. The molecule has 2 aliphatic rings. The van der Waals surface area contributed by atoms with E-state index in [1.54, 1.807) is 0 Å². The molecule has 0 amide bonds. The fourth-order valence-corrected chi connectivity index (χ4v) is 2.94. The Balaban J connectivity index is 1.75. The van der Waals surface area contributed by atoms with E-state index < -0.39 is 0 Å². The second-order valence-corrected chi connectivity index (χ2v) is 5.34. The van der Waals surface area contributed by atoms with E-state index in [1.165, 1.54) is 36.8 Å². The smallest absolute Gasteiger partial charge is 0.0929 e. The topological polar surface area (TPSA) is 21.3 Å². The van der Waals surface area contributed by atoms with Crippen molar-refractivity contribution in [3.63, 3.8) is 0 Å². The minimum atomic E-state index is 0.0622. The first-order valence-corrected chi connectivity index (χ1v) is 6.70. The molecule has 0 aromatic heterocycles. The monoisotopic (exact) mass is 231 g/mol. The third-order valence-corrected chi connectivity index (χ3v) is 4.34. The number of ether oxygens (including phenoxy) is 1. The molecule has 0 radical (unpaired) electrons. The molecular formula is C15H21NO. The van der Waals surface area contributed by atoms with Gasteiger partial charge < -0.3 is 10.1 Å². The lowest BCUT2D eigenvalue weighted by atomic mass is 9.89. The molecule has 1 aliphatic heterocycles. The van der Waals surface area contributed by atoms with Gasteiger partial charge in [0.2, 0.25) is 0 Å². The normalized spacial score (nSPS) is 23.6. The van der Waals surface area contributed by atoms with Crippen LogP contribution in [0.15, 0.2) is 24.3 Å². The minimum Gasteiger partial charge on any atom is -0.374 e. The molecule has 1 aromatic rings. The summed E-state index contributed by atoms with van der Waals surface area (Å²) in [4.78, 5) is 0. The third kappa shape index (κ3) is 2.12. The molecule has 0 bridgehead atoms. The van der Waals surface area contributed by atoms with Crippen molar-refractivity contribution >= 4 is 0 Å². The maximum absolute atomic E-state index is 5.61. The van der Waals surface area contributed by atoms with Gasteiger partial charge in [-0.05, 0) is 55.8 Å². The summed E-state index contributed by atoms with van der Waals surface area (Å²) in [5, 5.41) is 3.42. The summed E-state index contributed by atoms with van der Waals surface area (Å²) >= 11 is 0. The lowest BCUT2D eigenvalue weighted by Crippen LogP contribution is -2.26. The Morgan fingerprint density at radius 1 is 1.12 bits per heavy atom. The standard InChI is InChI=1S/C15H21NO/c1-17-15(8-9-15)14-4-2-12(3-5-14)13-6-10-16-11-7-13/h2-5,13,16H,6-11H2,1H3. The van der Waals surface area contributed by atoms with Crippen molar-refractivity contribution in [3.05, 3.63) is 35.4 Å². The lowest BCUT2D eigenvalue weighted by Gasteiger charge is -2.23. The lowest BCUT2D eigenvalue weighted by molar-refractivity contribution is 0.0789. The molecule has 2 fully saturated rings. The van der Waals surface area contributed by atoms with Gasteiger partial charge in [0.05, 0.1) is 5.60 Å². The van der Waals surface area contributed by atoms with E-state index in [1.807, 2.05) is 7.11 Å². The molecule has 1 saturated carbocycles. The van der Waals surface area contributed by atoms with Crippen molar-refractivity contribution in [1.29, 1.82) is 0 Å². The molecule has 92 valence electrons. The van der Waals surface area contributed by atoms with E-state index in [2.05, 4.69) is 29.6 Å². The van der Waals surface area contributed by atoms with Crippen LogP contribution in [0.1, 0.15) is 42.7 Å². The van der Waals surface area contributed by atoms with Gasteiger partial charge in [-0.15, -0.1) is 0 Å². The Morgan fingerprint density at radius 2 is 1.76 bits per heavy atom. The average Bonchev–Trinajstić information content (AvgIpc) is 3.21. The number of methoxy groups -OCH3 is 1. The molecular weight excluding hydrogens is 210 g/mol. The number of hydrogen-bond donors (Lipinski definition) is 1. The van der Waals surface area contributed by atoms with Crippen molar-refractivity contribution in [2.24, 2.45) is 0 Å². The molecule has 0 unspecified atom stereocenters. The highest BCUT2D eigenvalue weighted by molar-refractivity contribution is 5.32. The molecule has 1 heterocycles. The van der Waals surface area contributed by atoms with Crippen LogP contribution in [0.3, 0.4) is 0 Å². The molecule has 1 aromatic carbocycles. The van der Waals surface area contributed by atoms with Gasteiger partial charge in [-0.3, -0.25) is 0 Å². The summed E-state index contributed by atoms with van der Waals surface area (Å²) in [6.45, 7) is 2.32. The fourth-order valence-electron chi connectivity index (χ4n) is 2.94. The van der Waals surface area contributed by atoms with Crippen LogP contribution in [0.25, 0.3) is 0 Å². The van der Waals surface area contributed by atoms with E-state index >= 15 is 0 Å². The molecule has 3 rings (SSSR count). The van der Waals surface area contributed by atoms with Crippen LogP contribution in [0, 0.1) is 0 Å². The molecule has 2 nitrogen and oxygen atoms in total. The molecule has 0 spiro atoms. The van der Waals surface area contributed by atoms with Gasteiger partial charge in [0.1, 0.15) is 0 Å². The summed E-state index contributed by atoms with van der Waals surface area (Å²) < 4.78 is 5.61. The first-order valence-electron chi connectivity index (χ1n) is 6.70. The summed E-state index contributed by atoms with van der Waals surface area (Å²) in [7, 11) is 1.83. The maximum Gasteiger partial charge on any atom is 0.0929 e. The highest BCUT2D eigenvalue weighted by Crippen LogP contribution is 2.48. The first-order chi connectivity index (χ1) is 8.34. The number of rotatable bonds is 3. The Morgan fingerprint density at radius 3 is 2.29 bits per heavy atom. The molecule has 1 aliphatic carbocycles. The van der Waals surface area contributed by atoms with Crippen LogP contribution in [-0.2, 0) is 10.3 Å². The molecule has 1 N–H and O–H groups in total. The fraction of sp³-hybridized carbons (Fsp3) is 0.600. The largest absolute Gasteiger partial charge is 0.374 e. The van der Waals surface area contributed by atoms with Crippen LogP contribution in [0.5, 0.6) is 0 Å². The van der Waals surface area contributed by atoms with Gasteiger partial charge in [-0.2, -0.15) is 0 Å². The molecule has 1 saturated heterocycles. The summed E-state index contributed by atoms with van der Waals surface area (Å²) in [5.74, 6) is 0.753. The van der Waals surface area contributed by atoms with Crippen LogP contribution in [0.2, 0.25) is 0 Å². The number of piperidine rings is 1. The van der Waals surface area contributed by atoms with E-state index in [0.717, 1.165) is 19.0 Å². The Bertz CT molecular complexity index is 374. The van der Waals surface area contributed by atoms with E-state index in [0.29, 0.717) is 0 Å². The predicted molar refractivity (Wildman–Crippen MR) is 69.2 cm³/mol. The zero-order chi connectivity index (χ0) is 11.7. The highest BCUT2D eigenvalue weighted by atomic mass is 16.5. The quantitative estimate of drug-likeness (QED) is 0.863. The van der Waals surface area contributed by atoms with Crippen molar-refractivity contribution in [3.8, 4) is 0 Å². The Labute approximate surface area is 103 Å². The van der Waals surface area contributed by atoms with Gasteiger partial charge in [-0.25, -0.2) is 0 Å². The van der Waals surface area contributed by atoms with E-state index in [9.17, 15) is 0 Å². The number of hydrogen-bond acceptors (Lipinski definition) is 2. The van der Waals surface area contributed by atoms with Crippen LogP contribution >= 0.6 is 0 Å². The average molecular weight is 231 g/mol. The van der Waals surface area contributed by atoms with Crippen molar-refractivity contribution < 1.29 is 4.74 Å². The maximum atomic E-state index is 5.61. The predicted octanol–water partition coefficient (Wildman–Crippen LogP) is 2.79. The minimum absolute atomic E-state index is 0.0622. The second kappa shape index (κ2) is 4.43. The highest BCUT2D eigenvalue weighted by Gasteiger charge is 2.44. The zero-order valence-corrected chi connectivity index (χ0v) is 10.5. The van der Waals surface area contributed by atoms with Gasteiger partial charge in [-0.1, -0.05) is 24.3 Å². The SMILES string of the molecule is COC1(c2ccc(C3CCNCC3)cc2)CC1.